The highest BCUT2D eigenvalue weighted by atomic mass is 35.5. The summed E-state index contributed by atoms with van der Waals surface area (Å²) in [5, 5.41) is 0.594. The van der Waals surface area contributed by atoms with Crippen LogP contribution in [0.2, 0.25) is 5.02 Å². The Kier molecular flexibility index (Phi) is 5.92. The van der Waals surface area contributed by atoms with Crippen LogP contribution in [-0.4, -0.2) is 15.7 Å². The van der Waals surface area contributed by atoms with Crippen molar-refractivity contribution in [2.75, 3.05) is 0 Å². The van der Waals surface area contributed by atoms with Gasteiger partial charge in [0.25, 0.3) is 0 Å². The summed E-state index contributed by atoms with van der Waals surface area (Å²) in [5.74, 6) is 0. The van der Waals surface area contributed by atoms with Crippen LogP contribution < -0.4 is 0 Å². The second-order valence-electron chi connectivity index (χ2n) is 5.75. The summed E-state index contributed by atoms with van der Waals surface area (Å²) in [4.78, 5) is 13.7. The van der Waals surface area contributed by atoms with Crippen LogP contribution in [-0.2, 0) is 0 Å². The van der Waals surface area contributed by atoms with Crippen molar-refractivity contribution in [3.8, 4) is 0 Å². The predicted molar refractivity (Wildman–Crippen MR) is 110 cm³/mol. The third-order valence-corrected chi connectivity index (χ3v) is 4.28. The second kappa shape index (κ2) is 8.54. The van der Waals surface area contributed by atoms with Crippen LogP contribution >= 0.6 is 11.6 Å². The Hall–Kier alpha value is -2.78. The van der Waals surface area contributed by atoms with Gasteiger partial charge in [0.05, 0.1) is 28.1 Å². The van der Waals surface area contributed by atoms with Gasteiger partial charge >= 0.3 is 0 Å². The molecule has 0 radical (unpaired) electrons. The first-order chi connectivity index (χ1) is 12.7. The molecule has 2 heterocycles. The highest BCUT2D eigenvalue weighted by Gasteiger charge is 2.09. The van der Waals surface area contributed by atoms with Gasteiger partial charge in [-0.25, -0.2) is 4.99 Å². The van der Waals surface area contributed by atoms with Gasteiger partial charge in [-0.15, -0.1) is 0 Å². The fraction of sp³-hybridized carbons (Fsp3) is 0.136. The van der Waals surface area contributed by atoms with E-state index in [4.69, 9.17) is 16.6 Å². The molecule has 0 aliphatic carbocycles. The van der Waals surface area contributed by atoms with Crippen molar-refractivity contribution >= 4 is 34.0 Å². The van der Waals surface area contributed by atoms with Crippen molar-refractivity contribution < 1.29 is 0 Å². The number of fused-ring (bicyclic) bond motifs is 1. The molecule has 0 atom stereocenters. The van der Waals surface area contributed by atoms with Crippen molar-refractivity contribution in [1.82, 2.24) is 9.97 Å². The maximum Gasteiger partial charge on any atom is 0.107 e. The molecule has 3 aromatic rings. The molecular weight excluding hydrogens is 342 g/mol. The zero-order chi connectivity index (χ0) is 18.4. The molecule has 0 bridgehead atoms. The van der Waals surface area contributed by atoms with E-state index in [-0.39, 0.29) is 0 Å². The first-order valence-corrected chi connectivity index (χ1v) is 8.97. The molecule has 0 aliphatic rings. The lowest BCUT2D eigenvalue weighted by molar-refractivity contribution is 1.16. The number of aliphatic imine (C=N–C) groups is 1. The molecule has 0 aliphatic heterocycles. The fourth-order valence-electron chi connectivity index (χ4n) is 2.67. The molecule has 4 heteroatoms. The van der Waals surface area contributed by atoms with Crippen LogP contribution in [0.3, 0.4) is 0 Å². The number of hydrogen-bond acceptors (Lipinski definition) is 3. The highest BCUT2D eigenvalue weighted by Crippen LogP contribution is 2.25. The van der Waals surface area contributed by atoms with Crippen LogP contribution in [0.15, 0.2) is 83.7 Å². The summed E-state index contributed by atoms with van der Waals surface area (Å²) in [6.07, 6.45) is 10.5. The minimum absolute atomic E-state index is 0.594. The largest absolute Gasteiger partial charge is 0.254 e. The topological polar surface area (TPSA) is 38.1 Å². The number of nitrogens with zero attached hydrogens (tertiary/aromatic N) is 3. The Balaban J connectivity index is 2.15. The summed E-state index contributed by atoms with van der Waals surface area (Å²) < 4.78 is 0. The van der Waals surface area contributed by atoms with Crippen molar-refractivity contribution in [3.05, 3.63) is 89.2 Å². The van der Waals surface area contributed by atoms with E-state index < -0.39 is 0 Å². The maximum absolute atomic E-state index is 6.19. The Labute approximate surface area is 158 Å². The Bertz CT molecular complexity index is 989. The number of halogens is 1. The molecule has 2 aromatic heterocycles. The van der Waals surface area contributed by atoms with Gasteiger partial charge in [-0.1, -0.05) is 67.1 Å². The quantitative estimate of drug-likeness (QED) is 0.394. The van der Waals surface area contributed by atoms with Crippen molar-refractivity contribution in [3.63, 3.8) is 0 Å². The van der Waals surface area contributed by atoms with Crippen LogP contribution in [0.4, 0.5) is 5.69 Å². The molecule has 3 nitrogen and oxygen atoms in total. The number of pyridine rings is 2. The average molecular weight is 362 g/mol. The van der Waals surface area contributed by atoms with Gasteiger partial charge in [0.1, 0.15) is 5.52 Å². The maximum atomic E-state index is 6.19. The number of rotatable bonds is 5. The van der Waals surface area contributed by atoms with E-state index in [2.05, 4.69) is 35.1 Å². The Morgan fingerprint density at radius 2 is 1.96 bits per heavy atom. The Morgan fingerprint density at radius 1 is 1.15 bits per heavy atom. The van der Waals surface area contributed by atoms with Gasteiger partial charge in [-0.3, -0.25) is 9.97 Å². The Morgan fingerprint density at radius 3 is 2.69 bits per heavy atom. The predicted octanol–water partition coefficient (Wildman–Crippen LogP) is 6.32. The molecule has 1 aromatic carbocycles. The number of allylic oxidation sites excluding steroid dienone is 4. The molecule has 0 N–H and O–H groups in total. The SMILES string of the molecule is C\C=C/C=C(CC)/C(=N\c1cnc2c(Cl)ccnc2c1)c1ccccc1. The number of benzene rings is 1. The van der Waals surface area contributed by atoms with Crippen LogP contribution in [0, 0.1) is 0 Å². The summed E-state index contributed by atoms with van der Waals surface area (Å²) in [7, 11) is 0. The molecule has 3 rings (SSSR count). The van der Waals surface area contributed by atoms with Crippen LogP contribution in [0.5, 0.6) is 0 Å². The van der Waals surface area contributed by atoms with Gasteiger partial charge in [0, 0.05) is 11.8 Å². The lowest BCUT2D eigenvalue weighted by Gasteiger charge is -2.10. The summed E-state index contributed by atoms with van der Waals surface area (Å²) in [6.45, 7) is 4.14. The smallest absolute Gasteiger partial charge is 0.107 e. The molecule has 0 fully saturated rings. The monoisotopic (exact) mass is 361 g/mol. The average Bonchev–Trinajstić information content (AvgIpc) is 2.68. The normalized spacial score (nSPS) is 12.9. The third kappa shape index (κ3) is 4.06. The second-order valence-corrected chi connectivity index (χ2v) is 6.16. The van der Waals surface area contributed by atoms with Crippen molar-refractivity contribution in [1.29, 1.82) is 0 Å². The molecule has 0 unspecified atom stereocenters. The van der Waals surface area contributed by atoms with Crippen molar-refractivity contribution in [2.45, 2.75) is 20.3 Å². The van der Waals surface area contributed by atoms with Crippen molar-refractivity contribution in [2.24, 2.45) is 4.99 Å². The van der Waals surface area contributed by atoms with Gasteiger partial charge in [0.15, 0.2) is 0 Å². The molecule has 26 heavy (non-hydrogen) atoms. The van der Waals surface area contributed by atoms with Crippen LogP contribution in [0.1, 0.15) is 25.8 Å². The summed E-state index contributed by atoms with van der Waals surface area (Å²) in [6, 6.07) is 13.8. The lowest BCUT2D eigenvalue weighted by Crippen LogP contribution is -2.04. The van der Waals surface area contributed by atoms with Gasteiger partial charge < -0.3 is 0 Å². The molecule has 0 spiro atoms. The fourth-order valence-corrected chi connectivity index (χ4v) is 2.87. The zero-order valence-electron chi connectivity index (χ0n) is 14.9. The minimum Gasteiger partial charge on any atom is -0.254 e. The minimum atomic E-state index is 0.594. The first kappa shape index (κ1) is 18.0. The molecule has 0 saturated carbocycles. The van der Waals surface area contributed by atoms with E-state index in [9.17, 15) is 0 Å². The molecule has 0 saturated heterocycles. The molecule has 130 valence electrons. The van der Waals surface area contributed by atoms with E-state index in [1.807, 2.05) is 43.3 Å². The summed E-state index contributed by atoms with van der Waals surface area (Å²) >= 11 is 6.19. The van der Waals surface area contributed by atoms with Gasteiger partial charge in [-0.05, 0) is 31.1 Å². The molecular formula is C22H20ClN3. The third-order valence-electron chi connectivity index (χ3n) is 3.98. The zero-order valence-corrected chi connectivity index (χ0v) is 15.6. The van der Waals surface area contributed by atoms with E-state index in [1.54, 1.807) is 18.5 Å². The summed E-state index contributed by atoms with van der Waals surface area (Å²) in [5.41, 5.74) is 5.36. The van der Waals surface area contributed by atoms with E-state index in [0.29, 0.717) is 10.5 Å². The van der Waals surface area contributed by atoms with E-state index >= 15 is 0 Å². The lowest BCUT2D eigenvalue weighted by atomic mass is 9.99. The van der Waals surface area contributed by atoms with E-state index in [1.165, 1.54) is 0 Å². The van der Waals surface area contributed by atoms with Gasteiger partial charge in [-0.2, -0.15) is 0 Å². The standard InChI is InChI=1S/C22H20ClN3/c1-3-5-9-16(4-2)21(17-10-7-6-8-11-17)26-18-14-20-22(25-15-18)19(23)12-13-24-20/h3,5-15H,4H2,1-2H3/b5-3-,16-9+,26-21+. The molecule has 0 amide bonds. The van der Waals surface area contributed by atoms with Gasteiger partial charge in [0.2, 0.25) is 0 Å². The highest BCUT2D eigenvalue weighted by molar-refractivity contribution is 6.34. The van der Waals surface area contributed by atoms with E-state index in [0.717, 1.165) is 34.5 Å². The van der Waals surface area contributed by atoms with Crippen LogP contribution in [0.25, 0.3) is 11.0 Å². The number of aromatic nitrogens is 2. The number of hydrogen-bond donors (Lipinski definition) is 0. The first-order valence-electron chi connectivity index (χ1n) is 8.59.